The van der Waals surface area contributed by atoms with E-state index < -0.39 is 17.4 Å². The molecule has 2 aromatic carbocycles. The van der Waals surface area contributed by atoms with E-state index in [-0.39, 0.29) is 18.9 Å². The zero-order valence-corrected chi connectivity index (χ0v) is 15.2. The van der Waals surface area contributed by atoms with Crippen molar-refractivity contribution in [2.24, 2.45) is 0 Å². The van der Waals surface area contributed by atoms with E-state index in [2.05, 4.69) is 5.32 Å². The second-order valence-corrected chi connectivity index (χ2v) is 7.08. The topological polar surface area (TPSA) is 75.6 Å². The van der Waals surface area contributed by atoms with Crippen molar-refractivity contribution >= 4 is 11.9 Å². The van der Waals surface area contributed by atoms with Crippen molar-refractivity contribution in [3.63, 3.8) is 0 Å². The molecule has 3 rings (SSSR count). The zero-order chi connectivity index (χ0) is 18.9. The van der Waals surface area contributed by atoms with Crippen LogP contribution < -0.4 is 10.1 Å². The number of aryl methyl sites for hydroxylation is 1. The molecule has 5 heteroatoms. The molecule has 1 aliphatic carbocycles. The van der Waals surface area contributed by atoms with Crippen LogP contribution in [0.25, 0.3) is 0 Å². The lowest BCUT2D eigenvalue weighted by atomic mass is 9.95. The summed E-state index contributed by atoms with van der Waals surface area (Å²) >= 11 is 0. The largest absolute Gasteiger partial charge is 0.490 e. The molecule has 0 aromatic heterocycles. The molecule has 136 valence electrons. The first-order valence-corrected chi connectivity index (χ1v) is 8.71. The number of amides is 1. The van der Waals surface area contributed by atoms with Crippen molar-refractivity contribution in [1.29, 1.82) is 0 Å². The van der Waals surface area contributed by atoms with Gasteiger partial charge in [0, 0.05) is 12.8 Å². The third-order valence-electron chi connectivity index (χ3n) is 4.68. The molecule has 5 nitrogen and oxygen atoms in total. The van der Waals surface area contributed by atoms with E-state index in [4.69, 9.17) is 4.74 Å². The molecule has 1 amide bonds. The predicted octanol–water partition coefficient (Wildman–Crippen LogP) is 3.13. The summed E-state index contributed by atoms with van der Waals surface area (Å²) < 4.78 is 5.81. The summed E-state index contributed by atoms with van der Waals surface area (Å²) in [4.78, 5) is 25.0. The highest BCUT2D eigenvalue weighted by atomic mass is 16.5. The SMILES string of the molecule is Cc1cccc(C(=O)NC2(C(=O)O)Cc3ccccc3C2)c1OC(C)C. The minimum atomic E-state index is -1.33. The van der Waals surface area contributed by atoms with Crippen LogP contribution in [-0.4, -0.2) is 28.6 Å². The van der Waals surface area contributed by atoms with Crippen LogP contribution in [0.3, 0.4) is 0 Å². The molecular formula is C21H23NO4. The molecule has 0 radical (unpaired) electrons. The number of carboxylic acid groups (broad SMARTS) is 1. The molecule has 0 saturated heterocycles. The Balaban J connectivity index is 1.92. The lowest BCUT2D eigenvalue weighted by Crippen LogP contribution is -2.55. The van der Waals surface area contributed by atoms with Gasteiger partial charge in [0.05, 0.1) is 11.7 Å². The van der Waals surface area contributed by atoms with Crippen molar-refractivity contribution in [3.8, 4) is 5.75 Å². The Morgan fingerprint density at radius 1 is 1.08 bits per heavy atom. The van der Waals surface area contributed by atoms with Gasteiger partial charge in [0.2, 0.25) is 0 Å². The van der Waals surface area contributed by atoms with Gasteiger partial charge in [0.25, 0.3) is 5.91 Å². The molecule has 0 saturated carbocycles. The number of fused-ring (bicyclic) bond motifs is 1. The van der Waals surface area contributed by atoms with E-state index in [9.17, 15) is 14.7 Å². The van der Waals surface area contributed by atoms with E-state index in [0.717, 1.165) is 16.7 Å². The van der Waals surface area contributed by atoms with E-state index in [1.54, 1.807) is 12.1 Å². The van der Waals surface area contributed by atoms with Crippen LogP contribution in [0.15, 0.2) is 42.5 Å². The number of carboxylic acids is 1. The van der Waals surface area contributed by atoms with E-state index >= 15 is 0 Å². The fourth-order valence-corrected chi connectivity index (χ4v) is 3.42. The Kier molecular flexibility index (Phi) is 4.72. The fraction of sp³-hybridized carbons (Fsp3) is 0.333. The quantitative estimate of drug-likeness (QED) is 0.866. The lowest BCUT2D eigenvalue weighted by Gasteiger charge is -2.26. The third-order valence-corrected chi connectivity index (χ3v) is 4.68. The number of hydrogen-bond donors (Lipinski definition) is 2. The standard InChI is InChI=1S/C21H23NO4/c1-13(2)26-18-14(3)7-6-10-17(18)19(23)22-21(20(24)25)11-15-8-4-5-9-16(15)12-21/h4-10,13H,11-12H2,1-3H3,(H,22,23)(H,24,25). The molecular weight excluding hydrogens is 330 g/mol. The zero-order valence-electron chi connectivity index (χ0n) is 15.2. The monoisotopic (exact) mass is 353 g/mol. The van der Waals surface area contributed by atoms with Crippen LogP contribution in [0.2, 0.25) is 0 Å². The molecule has 1 aliphatic rings. The summed E-state index contributed by atoms with van der Waals surface area (Å²) in [7, 11) is 0. The van der Waals surface area contributed by atoms with Crippen molar-refractivity contribution in [1.82, 2.24) is 5.32 Å². The van der Waals surface area contributed by atoms with Crippen molar-refractivity contribution in [3.05, 3.63) is 64.7 Å². The van der Waals surface area contributed by atoms with E-state index in [1.165, 1.54) is 0 Å². The van der Waals surface area contributed by atoms with Crippen LogP contribution in [0.4, 0.5) is 0 Å². The van der Waals surface area contributed by atoms with Crippen LogP contribution in [-0.2, 0) is 17.6 Å². The molecule has 0 spiro atoms. The third kappa shape index (κ3) is 3.29. The average molecular weight is 353 g/mol. The number of nitrogens with one attached hydrogen (secondary N) is 1. The van der Waals surface area contributed by atoms with Crippen LogP contribution >= 0.6 is 0 Å². The highest BCUT2D eigenvalue weighted by Crippen LogP contribution is 2.32. The van der Waals surface area contributed by atoms with Gasteiger partial charge in [-0.2, -0.15) is 0 Å². The summed E-state index contributed by atoms with van der Waals surface area (Å²) in [6, 6.07) is 12.9. The van der Waals surface area contributed by atoms with Gasteiger partial charge >= 0.3 is 5.97 Å². The normalized spacial score (nSPS) is 14.8. The molecule has 0 aliphatic heterocycles. The lowest BCUT2D eigenvalue weighted by molar-refractivity contribution is -0.144. The summed E-state index contributed by atoms with van der Waals surface area (Å²) in [5.41, 5.74) is 1.77. The van der Waals surface area contributed by atoms with Gasteiger partial charge in [0.15, 0.2) is 0 Å². The predicted molar refractivity (Wildman–Crippen MR) is 98.6 cm³/mol. The molecule has 0 atom stereocenters. The molecule has 0 heterocycles. The van der Waals surface area contributed by atoms with Gasteiger partial charge in [-0.3, -0.25) is 4.79 Å². The summed E-state index contributed by atoms with van der Waals surface area (Å²) in [6.45, 7) is 5.65. The first kappa shape index (κ1) is 18.0. The number of carbonyl (C=O) groups excluding carboxylic acids is 1. The Morgan fingerprint density at radius 2 is 1.69 bits per heavy atom. The number of rotatable bonds is 5. The first-order chi connectivity index (χ1) is 12.3. The molecule has 2 aromatic rings. The van der Waals surface area contributed by atoms with Gasteiger partial charge in [-0.05, 0) is 43.5 Å². The highest BCUT2D eigenvalue weighted by molar-refractivity contribution is 6.00. The number of para-hydroxylation sites is 1. The minimum absolute atomic E-state index is 0.0909. The van der Waals surface area contributed by atoms with Crippen LogP contribution in [0.1, 0.15) is 40.9 Å². The van der Waals surface area contributed by atoms with Crippen molar-refractivity contribution < 1.29 is 19.4 Å². The number of ether oxygens (including phenoxy) is 1. The fourth-order valence-electron chi connectivity index (χ4n) is 3.42. The second-order valence-electron chi connectivity index (χ2n) is 7.08. The van der Waals surface area contributed by atoms with Gasteiger partial charge in [-0.1, -0.05) is 36.4 Å². The van der Waals surface area contributed by atoms with E-state index in [0.29, 0.717) is 11.3 Å². The van der Waals surface area contributed by atoms with E-state index in [1.807, 2.05) is 51.1 Å². The number of hydrogen-bond acceptors (Lipinski definition) is 3. The minimum Gasteiger partial charge on any atom is -0.490 e. The second kappa shape index (κ2) is 6.83. The number of carbonyl (C=O) groups is 2. The Morgan fingerprint density at radius 3 is 2.23 bits per heavy atom. The Labute approximate surface area is 153 Å². The Bertz CT molecular complexity index is 832. The maximum absolute atomic E-state index is 13.0. The average Bonchev–Trinajstić information content (AvgIpc) is 2.95. The van der Waals surface area contributed by atoms with Crippen LogP contribution in [0.5, 0.6) is 5.75 Å². The Hall–Kier alpha value is -2.82. The molecule has 2 N–H and O–H groups in total. The molecule has 26 heavy (non-hydrogen) atoms. The van der Waals surface area contributed by atoms with Gasteiger partial charge in [0.1, 0.15) is 11.3 Å². The molecule has 0 fully saturated rings. The summed E-state index contributed by atoms with van der Waals surface area (Å²) in [6.07, 6.45) is 0.458. The molecule has 0 bridgehead atoms. The highest BCUT2D eigenvalue weighted by Gasteiger charge is 2.45. The summed E-state index contributed by atoms with van der Waals surface area (Å²) in [5.74, 6) is -0.961. The van der Waals surface area contributed by atoms with Crippen molar-refractivity contribution in [2.45, 2.75) is 45.3 Å². The number of benzene rings is 2. The smallest absolute Gasteiger partial charge is 0.330 e. The maximum Gasteiger partial charge on any atom is 0.330 e. The van der Waals surface area contributed by atoms with Crippen molar-refractivity contribution in [2.75, 3.05) is 0 Å². The summed E-state index contributed by atoms with van der Waals surface area (Å²) in [5, 5.41) is 12.6. The maximum atomic E-state index is 13.0. The molecule has 0 unspecified atom stereocenters. The number of aliphatic carboxylic acids is 1. The van der Waals surface area contributed by atoms with Crippen LogP contribution in [0, 0.1) is 6.92 Å². The van der Waals surface area contributed by atoms with Gasteiger partial charge in [-0.15, -0.1) is 0 Å². The van der Waals surface area contributed by atoms with Gasteiger partial charge in [-0.25, -0.2) is 4.79 Å². The first-order valence-electron chi connectivity index (χ1n) is 8.71. The van der Waals surface area contributed by atoms with Gasteiger partial charge < -0.3 is 15.2 Å².